The number of benzene rings is 2. The lowest BCUT2D eigenvalue weighted by Gasteiger charge is -2.53. The lowest BCUT2D eigenvalue weighted by atomic mass is 9.62. The summed E-state index contributed by atoms with van der Waals surface area (Å²) in [6.07, 6.45) is 7.49. The van der Waals surface area contributed by atoms with Crippen LogP contribution in [0.5, 0.6) is 5.75 Å². The van der Waals surface area contributed by atoms with Crippen molar-refractivity contribution in [2.75, 3.05) is 57.9 Å². The molecule has 0 aromatic heterocycles. The molecule has 9 nitrogen and oxygen atoms in total. The molecule has 1 N–H and O–H groups in total. The van der Waals surface area contributed by atoms with Gasteiger partial charge in [-0.3, -0.25) is 9.69 Å². The van der Waals surface area contributed by atoms with Crippen molar-refractivity contribution in [2.24, 2.45) is 17.8 Å². The summed E-state index contributed by atoms with van der Waals surface area (Å²) in [4.78, 5) is 18.4. The molecule has 1 saturated carbocycles. The van der Waals surface area contributed by atoms with Crippen LogP contribution in [-0.2, 0) is 32.5 Å². The molecule has 2 fully saturated rings. The van der Waals surface area contributed by atoms with Gasteiger partial charge in [-0.05, 0) is 111 Å². The highest BCUT2D eigenvalue weighted by Crippen LogP contribution is 2.48. The first-order chi connectivity index (χ1) is 23.1. The number of ether oxygens (including phenoxy) is 3. The van der Waals surface area contributed by atoms with Crippen LogP contribution < -0.4 is 14.4 Å². The Morgan fingerprint density at radius 2 is 1.81 bits per heavy atom. The molecular weight excluding hydrogens is 650 g/mol. The van der Waals surface area contributed by atoms with Crippen LogP contribution in [0.1, 0.15) is 80.3 Å². The first-order valence-corrected chi connectivity index (χ1v) is 19.7. The Morgan fingerprint density at radius 1 is 1.00 bits per heavy atom. The Bertz CT molecular complexity index is 1550. The third kappa shape index (κ3) is 7.83. The number of aryl methyl sites for hydroxylation is 1. The van der Waals surface area contributed by atoms with Gasteiger partial charge in [0.15, 0.2) is 0 Å². The predicted molar refractivity (Wildman–Crippen MR) is 189 cm³/mol. The third-order valence-electron chi connectivity index (χ3n) is 11.6. The Hall–Kier alpha value is -2.37. The molecule has 0 radical (unpaired) electrons. The molecule has 0 spiro atoms. The van der Waals surface area contributed by atoms with Crippen molar-refractivity contribution in [1.29, 1.82) is 0 Å². The van der Waals surface area contributed by atoms with Crippen LogP contribution in [0, 0.1) is 17.8 Å². The number of sulfonamides is 1. The summed E-state index contributed by atoms with van der Waals surface area (Å²) < 4.78 is 48.2. The third-order valence-corrected chi connectivity index (χ3v) is 13.7. The smallest absolute Gasteiger partial charge is 0.264 e. The summed E-state index contributed by atoms with van der Waals surface area (Å²) in [5.74, 6) is 0.704. The molecule has 4 aliphatic rings. The van der Waals surface area contributed by atoms with E-state index in [1.807, 2.05) is 44.4 Å². The molecule has 3 heterocycles. The van der Waals surface area contributed by atoms with Crippen molar-refractivity contribution >= 4 is 33.2 Å². The molecule has 0 unspecified atom stereocenters. The van der Waals surface area contributed by atoms with Crippen LogP contribution in [0.4, 0.5) is 5.69 Å². The normalized spacial score (nSPS) is 30.4. The zero-order valence-electron chi connectivity index (χ0n) is 28.7. The fourth-order valence-corrected chi connectivity index (χ4v) is 9.73. The highest BCUT2D eigenvalue weighted by Gasteiger charge is 2.49. The van der Waals surface area contributed by atoms with E-state index >= 15 is 0 Å². The number of hydrogen-bond donors (Lipinski definition) is 1. The molecule has 1 aliphatic carbocycles. The number of fused-ring (bicyclic) bond motifs is 3. The van der Waals surface area contributed by atoms with Gasteiger partial charge in [-0.25, -0.2) is 13.1 Å². The fourth-order valence-electron chi connectivity index (χ4n) is 8.23. The second-order valence-corrected chi connectivity index (χ2v) is 16.9. The summed E-state index contributed by atoms with van der Waals surface area (Å²) >= 11 is 6.38. The number of rotatable bonds is 3. The van der Waals surface area contributed by atoms with E-state index < -0.39 is 21.2 Å². The lowest BCUT2D eigenvalue weighted by Crippen LogP contribution is -2.58. The molecule has 5 atom stereocenters. The van der Waals surface area contributed by atoms with Crippen LogP contribution >= 0.6 is 11.6 Å². The number of morpholine rings is 1. The monoisotopic (exact) mass is 701 g/mol. The van der Waals surface area contributed by atoms with Gasteiger partial charge in [0, 0.05) is 50.4 Å². The number of carbonyl (C=O) groups excluding carboxylic acids is 1. The maximum absolute atomic E-state index is 13.5. The summed E-state index contributed by atoms with van der Waals surface area (Å²) in [7, 11) is -2.04. The Balaban J connectivity index is 1.39. The first-order valence-electron chi connectivity index (χ1n) is 17.8. The molecule has 1 amide bonds. The van der Waals surface area contributed by atoms with Crippen molar-refractivity contribution < 1.29 is 27.4 Å². The van der Waals surface area contributed by atoms with Gasteiger partial charge >= 0.3 is 0 Å². The van der Waals surface area contributed by atoms with Gasteiger partial charge in [0.05, 0.1) is 29.8 Å². The van der Waals surface area contributed by atoms with E-state index in [1.165, 1.54) is 5.56 Å². The van der Waals surface area contributed by atoms with Crippen LogP contribution in [0.3, 0.4) is 0 Å². The van der Waals surface area contributed by atoms with Gasteiger partial charge in [-0.2, -0.15) is 0 Å². The second kappa shape index (κ2) is 15.3. The fraction of sp³-hybridized carbons (Fsp3) is 0.649. The molecule has 6 rings (SSSR count). The van der Waals surface area contributed by atoms with E-state index in [9.17, 15) is 13.2 Å². The summed E-state index contributed by atoms with van der Waals surface area (Å²) in [6.45, 7) is 9.74. The number of hydrogen-bond acceptors (Lipinski definition) is 8. The zero-order valence-corrected chi connectivity index (χ0v) is 30.3. The standard InChI is InChI=1S/C37H52ClN3O6S/c1-26-7-6-15-37(45-3,25-40-17-19-46-20-18-40)33-13-10-30(33)23-41-16-5-4-8-28-21-32(38)12-9-31(28)24-47-35-14-11-29(22-34(35)41)36(42)39-48(43,44)27(26)2/h9,11-12,14,21-22,26-27,30,33H,4-8,10,13,15-20,23-25H2,1-3H3,(H,39,42)/t26-,27+,30-,33+,37+/m0/s1. The Morgan fingerprint density at radius 3 is 2.56 bits per heavy atom. The molecule has 3 aliphatic heterocycles. The first kappa shape index (κ1) is 35.5. The molecular formula is C37H52ClN3O6S. The van der Waals surface area contributed by atoms with Crippen LogP contribution in [-0.4, -0.2) is 83.1 Å². The number of nitrogens with one attached hydrogen (secondary N) is 1. The van der Waals surface area contributed by atoms with Crippen molar-refractivity contribution in [3.63, 3.8) is 0 Å². The van der Waals surface area contributed by atoms with Gasteiger partial charge in [-0.1, -0.05) is 31.0 Å². The molecule has 2 aromatic rings. The quantitative estimate of drug-likeness (QED) is 0.412. The minimum atomic E-state index is -3.91. The second-order valence-electron chi connectivity index (χ2n) is 14.4. The van der Waals surface area contributed by atoms with E-state index in [1.54, 1.807) is 13.0 Å². The highest BCUT2D eigenvalue weighted by atomic mass is 35.5. The molecule has 48 heavy (non-hydrogen) atoms. The molecule has 2 bridgehead atoms. The van der Waals surface area contributed by atoms with Gasteiger partial charge < -0.3 is 19.1 Å². The number of halogens is 1. The number of amides is 1. The molecule has 1 saturated heterocycles. The van der Waals surface area contributed by atoms with E-state index in [0.29, 0.717) is 29.8 Å². The zero-order chi connectivity index (χ0) is 33.9. The van der Waals surface area contributed by atoms with E-state index in [-0.39, 0.29) is 11.5 Å². The number of methoxy groups -OCH3 is 1. The SMILES string of the molecule is CO[C@@]1(CN2CCOCC2)CCC[C@H](C)[C@@H](C)S(=O)(=O)NC(=O)c2ccc3c(c2)N(CCCCc2cc(Cl)ccc2CO3)C[C@@H]2CC[C@H]21. The van der Waals surface area contributed by atoms with E-state index in [0.717, 1.165) is 114 Å². The van der Waals surface area contributed by atoms with Crippen molar-refractivity contribution in [1.82, 2.24) is 9.62 Å². The average Bonchev–Trinajstić information content (AvgIpc) is 3.09. The summed E-state index contributed by atoms with van der Waals surface area (Å²) in [5, 5.41) is -0.00518. The van der Waals surface area contributed by atoms with Crippen LogP contribution in [0.15, 0.2) is 36.4 Å². The van der Waals surface area contributed by atoms with Crippen LogP contribution in [0.2, 0.25) is 5.02 Å². The number of nitrogens with zero attached hydrogens (tertiary/aromatic N) is 2. The minimum Gasteiger partial charge on any atom is -0.487 e. The topological polar surface area (TPSA) is 97.4 Å². The van der Waals surface area contributed by atoms with Crippen LogP contribution in [0.25, 0.3) is 0 Å². The maximum atomic E-state index is 13.5. The summed E-state index contributed by atoms with van der Waals surface area (Å²) in [5.41, 5.74) is 3.08. The van der Waals surface area contributed by atoms with Gasteiger partial charge in [0.25, 0.3) is 5.91 Å². The Kier molecular flexibility index (Phi) is 11.3. The van der Waals surface area contributed by atoms with Crippen molar-refractivity contribution in [3.8, 4) is 5.75 Å². The lowest BCUT2D eigenvalue weighted by molar-refractivity contribution is -0.137. The van der Waals surface area contributed by atoms with Gasteiger partial charge in [0.2, 0.25) is 10.0 Å². The average molecular weight is 702 g/mol. The molecule has 11 heteroatoms. The highest BCUT2D eigenvalue weighted by molar-refractivity contribution is 7.90. The van der Waals surface area contributed by atoms with E-state index in [2.05, 4.69) is 14.5 Å². The van der Waals surface area contributed by atoms with Gasteiger partial charge in [0.1, 0.15) is 12.4 Å². The molecule has 264 valence electrons. The minimum absolute atomic E-state index is 0.132. The molecule has 2 aromatic carbocycles. The maximum Gasteiger partial charge on any atom is 0.264 e. The predicted octanol–water partition coefficient (Wildman–Crippen LogP) is 6.07. The number of anilines is 1. The largest absolute Gasteiger partial charge is 0.487 e. The van der Waals surface area contributed by atoms with E-state index in [4.69, 9.17) is 25.8 Å². The van der Waals surface area contributed by atoms with Crippen molar-refractivity contribution in [3.05, 3.63) is 58.1 Å². The number of carbonyl (C=O) groups is 1. The Labute approximate surface area is 291 Å². The van der Waals surface area contributed by atoms with Gasteiger partial charge in [-0.15, -0.1) is 0 Å². The van der Waals surface area contributed by atoms with Crippen molar-refractivity contribution in [2.45, 2.75) is 82.7 Å². The summed E-state index contributed by atoms with van der Waals surface area (Å²) in [6, 6.07) is 11.3.